The molecule has 4 N–H and O–H groups in total. The van der Waals surface area contributed by atoms with Crippen molar-refractivity contribution >= 4 is 17.3 Å². The normalized spacial score (nSPS) is 16.9. The van der Waals surface area contributed by atoms with Crippen molar-refractivity contribution in [3.05, 3.63) is 23.8 Å². The van der Waals surface area contributed by atoms with Crippen molar-refractivity contribution in [1.29, 1.82) is 0 Å². The SMILES string of the molecule is Cc1ccc(NC(=O)CN2CCCNCC2)cc1N. The lowest BCUT2D eigenvalue weighted by atomic mass is 10.2. The number of nitrogen functional groups attached to an aromatic ring is 1. The van der Waals surface area contributed by atoms with Gasteiger partial charge in [-0.25, -0.2) is 0 Å². The van der Waals surface area contributed by atoms with Gasteiger partial charge in [-0.05, 0) is 44.1 Å². The molecule has 0 saturated carbocycles. The largest absolute Gasteiger partial charge is 0.398 e. The van der Waals surface area contributed by atoms with E-state index in [9.17, 15) is 4.79 Å². The number of carbonyl (C=O) groups is 1. The van der Waals surface area contributed by atoms with Crippen LogP contribution >= 0.6 is 0 Å². The number of anilines is 2. The number of benzene rings is 1. The van der Waals surface area contributed by atoms with Crippen molar-refractivity contribution in [2.75, 3.05) is 43.8 Å². The standard InChI is InChI=1S/C14H22N4O/c1-11-3-4-12(9-13(11)15)17-14(19)10-18-7-2-5-16-6-8-18/h3-4,9,16H,2,5-8,10,15H2,1H3,(H,17,19). The van der Waals surface area contributed by atoms with Crippen LogP contribution in [0, 0.1) is 6.92 Å². The highest BCUT2D eigenvalue weighted by Gasteiger charge is 2.12. The molecule has 0 bridgehead atoms. The maximum absolute atomic E-state index is 12.0. The Bertz CT molecular complexity index is 439. The van der Waals surface area contributed by atoms with Crippen molar-refractivity contribution in [3.8, 4) is 0 Å². The molecule has 1 fully saturated rings. The van der Waals surface area contributed by atoms with Gasteiger partial charge >= 0.3 is 0 Å². The van der Waals surface area contributed by atoms with Gasteiger partial charge in [0.2, 0.25) is 5.91 Å². The number of nitrogens with zero attached hydrogens (tertiary/aromatic N) is 1. The quantitative estimate of drug-likeness (QED) is 0.705. The summed E-state index contributed by atoms with van der Waals surface area (Å²) in [5.41, 5.74) is 8.33. The topological polar surface area (TPSA) is 70.4 Å². The van der Waals surface area contributed by atoms with Crippen LogP contribution in [-0.4, -0.2) is 43.5 Å². The summed E-state index contributed by atoms with van der Waals surface area (Å²) in [5.74, 6) is 0.0187. The molecule has 0 aromatic heterocycles. The lowest BCUT2D eigenvalue weighted by Crippen LogP contribution is -2.35. The maximum atomic E-state index is 12.0. The number of amides is 1. The molecule has 2 rings (SSSR count). The van der Waals surface area contributed by atoms with Crippen molar-refractivity contribution in [1.82, 2.24) is 10.2 Å². The molecule has 0 radical (unpaired) electrons. The van der Waals surface area contributed by atoms with Crippen LogP contribution in [0.3, 0.4) is 0 Å². The first-order valence-corrected chi connectivity index (χ1v) is 6.74. The fourth-order valence-corrected chi connectivity index (χ4v) is 2.18. The highest BCUT2D eigenvalue weighted by Crippen LogP contribution is 2.16. The summed E-state index contributed by atoms with van der Waals surface area (Å²) in [7, 11) is 0. The highest BCUT2D eigenvalue weighted by atomic mass is 16.2. The Balaban J connectivity index is 1.87. The molecule has 5 nitrogen and oxygen atoms in total. The Morgan fingerprint density at radius 1 is 1.42 bits per heavy atom. The minimum atomic E-state index is 0.0187. The van der Waals surface area contributed by atoms with Crippen LogP contribution in [0.15, 0.2) is 18.2 Å². The number of hydrogen-bond donors (Lipinski definition) is 3. The summed E-state index contributed by atoms with van der Waals surface area (Å²) in [6.45, 7) is 6.26. The number of carbonyl (C=O) groups excluding carboxylic acids is 1. The van der Waals surface area contributed by atoms with Gasteiger partial charge < -0.3 is 16.4 Å². The monoisotopic (exact) mass is 262 g/mol. The predicted octanol–water partition coefficient (Wildman–Crippen LogP) is 0.811. The summed E-state index contributed by atoms with van der Waals surface area (Å²) in [4.78, 5) is 14.1. The fourth-order valence-electron chi connectivity index (χ4n) is 2.18. The Morgan fingerprint density at radius 3 is 3.05 bits per heavy atom. The third-order valence-corrected chi connectivity index (χ3v) is 3.36. The zero-order valence-corrected chi connectivity index (χ0v) is 11.4. The molecule has 1 aromatic carbocycles. The molecule has 5 heteroatoms. The van der Waals surface area contributed by atoms with E-state index in [1.165, 1.54) is 0 Å². The third-order valence-electron chi connectivity index (χ3n) is 3.36. The van der Waals surface area contributed by atoms with E-state index in [2.05, 4.69) is 15.5 Å². The fraction of sp³-hybridized carbons (Fsp3) is 0.500. The number of rotatable bonds is 3. The van der Waals surface area contributed by atoms with Crippen molar-refractivity contribution < 1.29 is 4.79 Å². The molecule has 1 amide bonds. The van der Waals surface area contributed by atoms with E-state index >= 15 is 0 Å². The molecule has 0 aliphatic carbocycles. The van der Waals surface area contributed by atoms with E-state index < -0.39 is 0 Å². The van der Waals surface area contributed by atoms with E-state index in [1.807, 2.05) is 19.1 Å². The number of nitrogens with one attached hydrogen (secondary N) is 2. The van der Waals surface area contributed by atoms with Crippen molar-refractivity contribution in [2.24, 2.45) is 0 Å². The Hall–Kier alpha value is -1.59. The van der Waals surface area contributed by atoms with Gasteiger partial charge in [-0.3, -0.25) is 9.69 Å². The first-order chi connectivity index (χ1) is 9.15. The van der Waals surface area contributed by atoms with Crippen molar-refractivity contribution in [3.63, 3.8) is 0 Å². The zero-order chi connectivity index (χ0) is 13.7. The number of aryl methyl sites for hydroxylation is 1. The second-order valence-electron chi connectivity index (χ2n) is 5.00. The van der Waals surface area contributed by atoms with Crippen LogP contribution in [0.2, 0.25) is 0 Å². The van der Waals surface area contributed by atoms with Gasteiger partial charge in [0.1, 0.15) is 0 Å². The zero-order valence-electron chi connectivity index (χ0n) is 11.4. The second-order valence-corrected chi connectivity index (χ2v) is 5.00. The van der Waals surface area contributed by atoms with Crippen LogP contribution in [0.4, 0.5) is 11.4 Å². The van der Waals surface area contributed by atoms with E-state index in [1.54, 1.807) is 6.07 Å². The first kappa shape index (κ1) is 13.8. The molecular formula is C14H22N4O. The smallest absolute Gasteiger partial charge is 0.238 e. The molecule has 1 saturated heterocycles. The van der Waals surface area contributed by atoms with Gasteiger partial charge in [-0.15, -0.1) is 0 Å². The summed E-state index contributed by atoms with van der Waals surface area (Å²) >= 11 is 0. The molecular weight excluding hydrogens is 240 g/mol. The van der Waals surface area contributed by atoms with E-state index in [0.29, 0.717) is 12.2 Å². The molecule has 1 aromatic rings. The lowest BCUT2D eigenvalue weighted by Gasteiger charge is -2.18. The average Bonchev–Trinajstić information content (AvgIpc) is 2.62. The molecule has 1 aliphatic rings. The predicted molar refractivity (Wildman–Crippen MR) is 78.1 cm³/mol. The minimum Gasteiger partial charge on any atom is -0.398 e. The Labute approximate surface area is 114 Å². The van der Waals surface area contributed by atoms with E-state index in [4.69, 9.17) is 5.73 Å². The summed E-state index contributed by atoms with van der Waals surface area (Å²) in [5, 5.41) is 6.22. The van der Waals surface area contributed by atoms with Crippen LogP contribution < -0.4 is 16.4 Å². The van der Waals surface area contributed by atoms with E-state index in [0.717, 1.165) is 43.9 Å². The highest BCUT2D eigenvalue weighted by molar-refractivity contribution is 5.92. The lowest BCUT2D eigenvalue weighted by molar-refractivity contribution is -0.117. The summed E-state index contributed by atoms with van der Waals surface area (Å²) < 4.78 is 0. The Kier molecular flexibility index (Phi) is 4.76. The van der Waals surface area contributed by atoms with Gasteiger partial charge in [-0.2, -0.15) is 0 Å². The van der Waals surface area contributed by atoms with Crippen LogP contribution in [0.25, 0.3) is 0 Å². The number of nitrogens with two attached hydrogens (primary N) is 1. The van der Waals surface area contributed by atoms with Gasteiger partial charge in [0.05, 0.1) is 6.54 Å². The summed E-state index contributed by atoms with van der Waals surface area (Å²) in [6.07, 6.45) is 1.09. The maximum Gasteiger partial charge on any atom is 0.238 e. The number of hydrogen-bond acceptors (Lipinski definition) is 4. The van der Waals surface area contributed by atoms with Crippen LogP contribution in [-0.2, 0) is 4.79 Å². The van der Waals surface area contributed by atoms with Gasteiger partial charge in [0, 0.05) is 24.5 Å². The van der Waals surface area contributed by atoms with Gasteiger partial charge in [-0.1, -0.05) is 6.07 Å². The molecule has 1 heterocycles. The molecule has 0 atom stereocenters. The van der Waals surface area contributed by atoms with Gasteiger partial charge in [0.25, 0.3) is 0 Å². The second kappa shape index (κ2) is 6.54. The molecule has 1 aliphatic heterocycles. The van der Waals surface area contributed by atoms with E-state index in [-0.39, 0.29) is 5.91 Å². The third kappa shape index (κ3) is 4.22. The first-order valence-electron chi connectivity index (χ1n) is 6.74. The minimum absolute atomic E-state index is 0.0187. The van der Waals surface area contributed by atoms with Gasteiger partial charge in [0.15, 0.2) is 0 Å². The Morgan fingerprint density at radius 2 is 2.26 bits per heavy atom. The van der Waals surface area contributed by atoms with Crippen molar-refractivity contribution in [2.45, 2.75) is 13.3 Å². The molecule has 0 spiro atoms. The van der Waals surface area contributed by atoms with Crippen LogP contribution in [0.1, 0.15) is 12.0 Å². The molecule has 104 valence electrons. The average molecular weight is 262 g/mol. The molecule has 0 unspecified atom stereocenters. The molecule has 19 heavy (non-hydrogen) atoms. The summed E-state index contributed by atoms with van der Waals surface area (Å²) in [6, 6.07) is 5.60. The van der Waals surface area contributed by atoms with Crippen LogP contribution in [0.5, 0.6) is 0 Å².